The number of hydrogen-bond acceptors (Lipinski definition) is 6. The van der Waals surface area contributed by atoms with Gasteiger partial charge < -0.3 is 10.1 Å². The number of nitrogens with zero attached hydrogens (tertiary/aromatic N) is 1. The molecule has 0 aliphatic heterocycles. The maximum absolute atomic E-state index is 13.7. The molecule has 1 atom stereocenters. The minimum Gasteiger partial charge on any atom is -0.462 e. The normalized spacial score (nSPS) is 14.4. The van der Waals surface area contributed by atoms with Crippen LogP contribution in [0.25, 0.3) is 0 Å². The number of sulfonamides is 1. The zero-order valence-electron chi connectivity index (χ0n) is 17.9. The highest BCUT2D eigenvalue weighted by molar-refractivity contribution is 7.92. The van der Waals surface area contributed by atoms with Crippen LogP contribution in [0.15, 0.2) is 18.2 Å². The number of fused-ring (bicyclic) bond motifs is 1. The van der Waals surface area contributed by atoms with Crippen LogP contribution in [0.2, 0.25) is 0 Å². The van der Waals surface area contributed by atoms with Crippen LogP contribution >= 0.6 is 11.3 Å². The quantitative estimate of drug-likeness (QED) is 0.600. The molecule has 0 fully saturated rings. The molecule has 3 rings (SSSR count). The Balaban J connectivity index is 1.95. The molecule has 32 heavy (non-hydrogen) atoms. The average Bonchev–Trinajstić information content (AvgIpc) is 3.07. The van der Waals surface area contributed by atoms with Gasteiger partial charge in [0.15, 0.2) is 11.6 Å². The molecule has 0 spiro atoms. The highest BCUT2D eigenvalue weighted by Gasteiger charge is 2.32. The molecule has 1 N–H and O–H groups in total. The highest BCUT2D eigenvalue weighted by atomic mass is 32.2. The summed E-state index contributed by atoms with van der Waals surface area (Å²) < 4.78 is 57.8. The number of amides is 1. The Morgan fingerprint density at radius 2 is 1.91 bits per heavy atom. The molecule has 7 nitrogen and oxygen atoms in total. The summed E-state index contributed by atoms with van der Waals surface area (Å²) in [6.07, 6.45) is 4.22. The summed E-state index contributed by atoms with van der Waals surface area (Å²) in [5.74, 6) is -3.64. The Hall–Kier alpha value is -2.53. The Morgan fingerprint density at radius 3 is 2.53 bits per heavy atom. The molecule has 1 aliphatic rings. The Labute approximate surface area is 189 Å². The average molecular weight is 487 g/mol. The van der Waals surface area contributed by atoms with E-state index in [4.69, 9.17) is 4.74 Å². The number of anilines is 2. The van der Waals surface area contributed by atoms with Crippen molar-refractivity contribution in [2.75, 3.05) is 22.5 Å². The summed E-state index contributed by atoms with van der Waals surface area (Å²) >= 11 is 1.27. The van der Waals surface area contributed by atoms with Crippen LogP contribution in [0.5, 0.6) is 0 Å². The maximum Gasteiger partial charge on any atom is 0.341 e. The van der Waals surface area contributed by atoms with Crippen LogP contribution in [-0.2, 0) is 32.4 Å². The van der Waals surface area contributed by atoms with Crippen molar-refractivity contribution in [2.45, 2.75) is 45.6 Å². The van der Waals surface area contributed by atoms with E-state index < -0.39 is 39.6 Å². The Morgan fingerprint density at radius 1 is 1.22 bits per heavy atom. The molecule has 0 radical (unpaired) electrons. The predicted octanol–water partition coefficient (Wildman–Crippen LogP) is 3.88. The van der Waals surface area contributed by atoms with Gasteiger partial charge in [-0.2, -0.15) is 0 Å². The van der Waals surface area contributed by atoms with Crippen molar-refractivity contribution in [3.63, 3.8) is 0 Å². The third kappa shape index (κ3) is 4.93. The number of rotatable bonds is 7. The molecule has 11 heteroatoms. The molecular weight excluding hydrogens is 462 g/mol. The van der Waals surface area contributed by atoms with Gasteiger partial charge in [-0.25, -0.2) is 22.0 Å². The minimum absolute atomic E-state index is 0.172. The second kappa shape index (κ2) is 9.53. The van der Waals surface area contributed by atoms with E-state index in [9.17, 15) is 26.8 Å². The number of ether oxygens (including phenoxy) is 1. The summed E-state index contributed by atoms with van der Waals surface area (Å²) in [5, 5.41) is 2.96. The Kier molecular flexibility index (Phi) is 7.19. The maximum atomic E-state index is 13.7. The van der Waals surface area contributed by atoms with Gasteiger partial charge in [-0.3, -0.25) is 9.10 Å². The van der Waals surface area contributed by atoms with Gasteiger partial charge in [0.1, 0.15) is 11.0 Å². The third-order valence-electron chi connectivity index (χ3n) is 5.13. The number of benzene rings is 1. The van der Waals surface area contributed by atoms with Crippen LogP contribution in [-0.4, -0.2) is 39.2 Å². The van der Waals surface area contributed by atoms with E-state index in [0.717, 1.165) is 48.1 Å². The van der Waals surface area contributed by atoms with Crippen molar-refractivity contribution >= 4 is 43.9 Å². The van der Waals surface area contributed by atoms with Crippen molar-refractivity contribution in [3.05, 3.63) is 45.8 Å². The van der Waals surface area contributed by atoms with Gasteiger partial charge in [-0.05, 0) is 57.2 Å². The van der Waals surface area contributed by atoms with Gasteiger partial charge in [0.2, 0.25) is 15.9 Å². The molecular formula is C21H24F2N2O5S2. The van der Waals surface area contributed by atoms with Crippen LogP contribution < -0.4 is 9.62 Å². The van der Waals surface area contributed by atoms with Crippen molar-refractivity contribution in [3.8, 4) is 0 Å². The van der Waals surface area contributed by atoms with E-state index in [-0.39, 0.29) is 12.3 Å². The largest absolute Gasteiger partial charge is 0.462 e. The molecule has 1 amide bonds. The van der Waals surface area contributed by atoms with Crippen LogP contribution in [0.4, 0.5) is 19.5 Å². The number of carbonyl (C=O) groups is 2. The molecule has 1 aromatic heterocycles. The van der Waals surface area contributed by atoms with Gasteiger partial charge in [0, 0.05) is 10.9 Å². The zero-order chi connectivity index (χ0) is 23.6. The van der Waals surface area contributed by atoms with Gasteiger partial charge in [0.05, 0.1) is 24.1 Å². The first-order valence-corrected chi connectivity index (χ1v) is 12.8. The van der Waals surface area contributed by atoms with E-state index in [2.05, 4.69) is 5.32 Å². The lowest BCUT2D eigenvalue weighted by Gasteiger charge is -2.28. The Bertz CT molecular complexity index is 1150. The van der Waals surface area contributed by atoms with E-state index in [1.54, 1.807) is 6.92 Å². The van der Waals surface area contributed by atoms with E-state index in [0.29, 0.717) is 27.4 Å². The number of aryl methyl sites for hydroxylation is 1. The summed E-state index contributed by atoms with van der Waals surface area (Å²) in [5.41, 5.74) is 0.958. The number of nitrogens with one attached hydrogen (secondary N) is 1. The van der Waals surface area contributed by atoms with E-state index in [1.807, 2.05) is 0 Å². The smallest absolute Gasteiger partial charge is 0.341 e. The highest BCUT2D eigenvalue weighted by Crippen LogP contribution is 2.39. The van der Waals surface area contributed by atoms with Crippen molar-refractivity contribution < 1.29 is 31.5 Å². The summed E-state index contributed by atoms with van der Waals surface area (Å²) in [6.45, 7) is 3.18. The summed E-state index contributed by atoms with van der Waals surface area (Å²) in [7, 11) is -4.03. The number of carbonyl (C=O) groups excluding carboxylic acids is 2. The molecule has 2 aromatic rings. The molecule has 0 saturated carbocycles. The van der Waals surface area contributed by atoms with Crippen LogP contribution in [0.1, 0.15) is 47.5 Å². The van der Waals surface area contributed by atoms with E-state index >= 15 is 0 Å². The fourth-order valence-corrected chi connectivity index (χ4v) is 6.17. The SMILES string of the molecule is CCOC(=O)c1c(NC(=O)C(C)N(c2ccc(F)c(F)c2)S(C)(=O)=O)sc2c1CCCC2. The second-order valence-electron chi connectivity index (χ2n) is 7.46. The van der Waals surface area contributed by atoms with Crippen molar-refractivity contribution in [1.29, 1.82) is 0 Å². The molecule has 1 aromatic carbocycles. The number of halogens is 2. The minimum atomic E-state index is -4.03. The number of thiophene rings is 1. The van der Waals surface area contributed by atoms with Crippen LogP contribution in [0.3, 0.4) is 0 Å². The fraction of sp³-hybridized carbons (Fsp3) is 0.429. The van der Waals surface area contributed by atoms with Gasteiger partial charge in [-0.1, -0.05) is 0 Å². The lowest BCUT2D eigenvalue weighted by molar-refractivity contribution is -0.116. The zero-order valence-corrected chi connectivity index (χ0v) is 19.5. The second-order valence-corrected chi connectivity index (χ2v) is 10.4. The van der Waals surface area contributed by atoms with Crippen molar-refractivity contribution in [2.24, 2.45) is 0 Å². The molecule has 1 heterocycles. The number of esters is 1. The first-order chi connectivity index (χ1) is 15.0. The standard InChI is InChI=1S/C21H24F2N2O5S2/c1-4-30-21(27)18-14-7-5-6-8-17(14)31-20(18)24-19(26)12(2)25(32(3,28)29)13-9-10-15(22)16(23)11-13/h9-12H,4-8H2,1-3H3,(H,24,26). The molecule has 0 saturated heterocycles. The lowest BCUT2D eigenvalue weighted by Crippen LogP contribution is -2.45. The topological polar surface area (TPSA) is 92.8 Å². The van der Waals surface area contributed by atoms with Crippen LogP contribution in [0, 0.1) is 11.6 Å². The lowest BCUT2D eigenvalue weighted by atomic mass is 9.95. The first-order valence-electron chi connectivity index (χ1n) is 10.1. The predicted molar refractivity (Wildman–Crippen MR) is 119 cm³/mol. The van der Waals surface area contributed by atoms with Gasteiger partial charge >= 0.3 is 5.97 Å². The van der Waals surface area contributed by atoms with E-state index in [1.165, 1.54) is 18.3 Å². The summed E-state index contributed by atoms with van der Waals surface area (Å²) in [6, 6.07) is 1.29. The first kappa shape index (κ1) is 24.1. The fourth-order valence-electron chi connectivity index (χ4n) is 3.72. The monoisotopic (exact) mass is 486 g/mol. The van der Waals surface area contributed by atoms with Gasteiger partial charge in [0.25, 0.3) is 0 Å². The molecule has 1 unspecified atom stereocenters. The van der Waals surface area contributed by atoms with Crippen molar-refractivity contribution in [1.82, 2.24) is 0 Å². The molecule has 0 bridgehead atoms. The van der Waals surface area contributed by atoms with Gasteiger partial charge in [-0.15, -0.1) is 11.3 Å². The number of hydrogen-bond donors (Lipinski definition) is 1. The molecule has 1 aliphatic carbocycles. The summed E-state index contributed by atoms with van der Waals surface area (Å²) in [4.78, 5) is 26.6. The molecule has 174 valence electrons. The third-order valence-corrected chi connectivity index (χ3v) is 7.58.